The van der Waals surface area contributed by atoms with Crippen molar-refractivity contribution in [2.75, 3.05) is 19.7 Å². The summed E-state index contributed by atoms with van der Waals surface area (Å²) in [4.78, 5) is 15.5. The lowest BCUT2D eigenvalue weighted by Gasteiger charge is -2.15. The fourth-order valence-corrected chi connectivity index (χ4v) is 2.98. The number of ether oxygens (including phenoxy) is 2. The van der Waals surface area contributed by atoms with Crippen LogP contribution in [-0.4, -0.2) is 37.7 Å². The second-order valence-corrected chi connectivity index (χ2v) is 6.53. The molecule has 156 valence electrons. The molecule has 0 spiro atoms. The van der Waals surface area contributed by atoms with Gasteiger partial charge in [0.15, 0.2) is 12.6 Å². The number of nitrogens with two attached hydrogens (primary N) is 1. The molecule has 29 heavy (non-hydrogen) atoms. The van der Waals surface area contributed by atoms with Crippen molar-refractivity contribution in [3.8, 4) is 11.5 Å². The lowest BCUT2D eigenvalue weighted by molar-refractivity contribution is -0.119. The molecule has 1 heterocycles. The van der Waals surface area contributed by atoms with Crippen molar-refractivity contribution in [3.05, 3.63) is 59.7 Å². The monoisotopic (exact) mass is 510 g/mol. The van der Waals surface area contributed by atoms with Crippen molar-refractivity contribution >= 4 is 35.8 Å². The topological polar surface area (TPSA) is 98.0 Å². The molecule has 2 aromatic carbocycles. The van der Waals surface area contributed by atoms with Crippen LogP contribution < -0.4 is 25.8 Å². The maximum Gasteiger partial charge on any atom is 0.255 e. The third kappa shape index (κ3) is 7.12. The van der Waals surface area contributed by atoms with Crippen LogP contribution in [0.5, 0.6) is 11.5 Å². The second kappa shape index (κ2) is 11.5. The number of carbonyl (C=O) groups is 1. The van der Waals surface area contributed by atoms with E-state index in [9.17, 15) is 4.79 Å². The first-order chi connectivity index (χ1) is 13.6. The van der Waals surface area contributed by atoms with Gasteiger partial charge < -0.3 is 25.8 Å². The molecule has 0 aromatic heterocycles. The van der Waals surface area contributed by atoms with Crippen molar-refractivity contribution < 1.29 is 14.3 Å². The molecule has 4 N–H and O–H groups in total. The maximum absolute atomic E-state index is 10.8. The third-order valence-corrected chi connectivity index (χ3v) is 4.25. The highest BCUT2D eigenvalue weighted by Gasteiger charge is 2.22. The Labute approximate surface area is 188 Å². The highest BCUT2D eigenvalue weighted by atomic mass is 127. The number of hydrogen-bond donors (Lipinski definition) is 3. The number of halogens is 1. The van der Waals surface area contributed by atoms with Crippen LogP contribution in [0, 0.1) is 0 Å². The van der Waals surface area contributed by atoms with Crippen molar-refractivity contribution in [1.82, 2.24) is 10.6 Å². The number of fused-ring (bicyclic) bond motifs is 1. The van der Waals surface area contributed by atoms with Gasteiger partial charge in [0.1, 0.15) is 17.6 Å². The number of amides is 1. The maximum atomic E-state index is 10.8. The van der Waals surface area contributed by atoms with Crippen molar-refractivity contribution in [2.45, 2.75) is 26.0 Å². The molecule has 0 fully saturated rings. The first-order valence-electron chi connectivity index (χ1n) is 9.41. The van der Waals surface area contributed by atoms with Crippen molar-refractivity contribution in [1.29, 1.82) is 0 Å². The third-order valence-electron chi connectivity index (χ3n) is 4.25. The summed E-state index contributed by atoms with van der Waals surface area (Å²) >= 11 is 0. The highest BCUT2D eigenvalue weighted by molar-refractivity contribution is 14.0. The molecule has 0 radical (unpaired) electrons. The van der Waals surface area contributed by atoms with E-state index in [1.54, 1.807) is 6.07 Å². The Hall–Kier alpha value is -2.49. The van der Waals surface area contributed by atoms with E-state index >= 15 is 0 Å². The predicted octanol–water partition coefficient (Wildman–Crippen LogP) is 2.23. The Balaban J connectivity index is 0.00000300. The molecule has 1 atom stereocenters. The molecule has 8 heteroatoms. The van der Waals surface area contributed by atoms with Gasteiger partial charge in [0, 0.05) is 13.0 Å². The zero-order valence-electron chi connectivity index (χ0n) is 16.4. The van der Waals surface area contributed by atoms with Gasteiger partial charge in [0.25, 0.3) is 5.91 Å². The van der Waals surface area contributed by atoms with Crippen LogP contribution in [0.3, 0.4) is 0 Å². The summed E-state index contributed by atoms with van der Waals surface area (Å²) in [6.45, 7) is 3.80. The summed E-state index contributed by atoms with van der Waals surface area (Å²) < 4.78 is 11.3. The molecule has 3 rings (SSSR count). The number of nitrogens with zero attached hydrogens (tertiary/aromatic N) is 1. The van der Waals surface area contributed by atoms with E-state index in [-0.39, 0.29) is 36.7 Å². The summed E-state index contributed by atoms with van der Waals surface area (Å²) in [5, 5.41) is 6.59. The average molecular weight is 510 g/mol. The summed E-state index contributed by atoms with van der Waals surface area (Å²) in [7, 11) is 0. The Kier molecular flexibility index (Phi) is 9.04. The number of carbonyl (C=O) groups excluding carboxylic acids is 1. The van der Waals surface area contributed by atoms with Crippen LogP contribution >= 0.6 is 24.0 Å². The van der Waals surface area contributed by atoms with Crippen LogP contribution in [0.4, 0.5) is 0 Å². The van der Waals surface area contributed by atoms with Gasteiger partial charge in [0.2, 0.25) is 0 Å². The highest BCUT2D eigenvalue weighted by Crippen LogP contribution is 2.27. The minimum atomic E-state index is -0.502. The second-order valence-electron chi connectivity index (χ2n) is 6.53. The normalized spacial score (nSPS) is 14.9. The molecule has 2 aromatic rings. The SMILES string of the molecule is CCNC(=NCc1cccc(OCC(N)=O)c1)NCC1Cc2ccccc2O1.I. The number of benzene rings is 2. The minimum Gasteiger partial charge on any atom is -0.488 e. The largest absolute Gasteiger partial charge is 0.488 e. The standard InChI is InChI=1S/C21H26N4O3.HI/c1-2-23-21(25-13-18-11-16-7-3-4-9-19(16)28-18)24-12-15-6-5-8-17(10-15)27-14-20(22)26;/h3-10,18H,2,11-14H2,1H3,(H2,22,26)(H2,23,24,25);1H. The lowest BCUT2D eigenvalue weighted by atomic mass is 10.1. The fourth-order valence-electron chi connectivity index (χ4n) is 2.98. The zero-order chi connectivity index (χ0) is 19.8. The molecule has 1 aliphatic rings. The molecule has 1 amide bonds. The predicted molar refractivity (Wildman–Crippen MR) is 124 cm³/mol. The minimum absolute atomic E-state index is 0. The van der Waals surface area contributed by atoms with E-state index in [0.29, 0.717) is 18.8 Å². The molecule has 0 bridgehead atoms. The Bertz CT molecular complexity index is 819. The lowest BCUT2D eigenvalue weighted by Crippen LogP contribution is -2.42. The summed E-state index contributed by atoms with van der Waals surface area (Å²) in [5.74, 6) is 1.79. The molecular weight excluding hydrogens is 483 g/mol. The molecular formula is C21H27IN4O3. The van der Waals surface area contributed by atoms with Gasteiger partial charge in [-0.3, -0.25) is 4.79 Å². The Morgan fingerprint density at radius 2 is 2.07 bits per heavy atom. The van der Waals surface area contributed by atoms with Crippen molar-refractivity contribution in [2.24, 2.45) is 10.7 Å². The molecule has 1 unspecified atom stereocenters. The van der Waals surface area contributed by atoms with E-state index in [0.717, 1.165) is 30.2 Å². The van der Waals surface area contributed by atoms with Crippen LogP contribution in [-0.2, 0) is 17.8 Å². The molecule has 7 nitrogen and oxygen atoms in total. The number of primary amides is 1. The number of nitrogens with one attached hydrogen (secondary N) is 2. The van der Waals surface area contributed by atoms with Gasteiger partial charge in [-0.1, -0.05) is 30.3 Å². The van der Waals surface area contributed by atoms with Crippen molar-refractivity contribution in [3.63, 3.8) is 0 Å². The number of aliphatic imine (C=N–C) groups is 1. The molecule has 0 saturated carbocycles. The number of para-hydroxylation sites is 1. The number of rotatable bonds is 8. The van der Waals surface area contributed by atoms with E-state index < -0.39 is 5.91 Å². The van der Waals surface area contributed by atoms with E-state index in [1.807, 2.05) is 43.3 Å². The van der Waals surface area contributed by atoms with Crippen LogP contribution in [0.2, 0.25) is 0 Å². The van der Waals surface area contributed by atoms with E-state index in [1.165, 1.54) is 5.56 Å². The van der Waals surface area contributed by atoms with E-state index in [2.05, 4.69) is 21.7 Å². The van der Waals surface area contributed by atoms with Gasteiger partial charge in [-0.15, -0.1) is 24.0 Å². The zero-order valence-corrected chi connectivity index (χ0v) is 18.7. The Morgan fingerprint density at radius 3 is 2.83 bits per heavy atom. The smallest absolute Gasteiger partial charge is 0.255 e. The molecule has 0 aliphatic carbocycles. The van der Waals surface area contributed by atoms with Crippen LogP contribution in [0.1, 0.15) is 18.1 Å². The summed E-state index contributed by atoms with van der Waals surface area (Å²) in [5.41, 5.74) is 7.33. The Morgan fingerprint density at radius 1 is 1.24 bits per heavy atom. The fraction of sp³-hybridized carbons (Fsp3) is 0.333. The molecule has 1 aliphatic heterocycles. The molecule has 0 saturated heterocycles. The van der Waals surface area contributed by atoms with Crippen LogP contribution in [0.25, 0.3) is 0 Å². The number of guanidine groups is 1. The first kappa shape index (κ1) is 22.8. The van der Waals surface area contributed by atoms with Gasteiger partial charge in [-0.2, -0.15) is 0 Å². The van der Waals surface area contributed by atoms with Gasteiger partial charge >= 0.3 is 0 Å². The summed E-state index contributed by atoms with van der Waals surface area (Å²) in [6.07, 6.45) is 0.980. The van der Waals surface area contributed by atoms with Gasteiger partial charge in [-0.05, 0) is 36.2 Å². The number of hydrogen-bond acceptors (Lipinski definition) is 4. The average Bonchev–Trinajstić information content (AvgIpc) is 3.12. The van der Waals surface area contributed by atoms with Gasteiger partial charge in [0.05, 0.1) is 13.1 Å². The summed E-state index contributed by atoms with van der Waals surface area (Å²) in [6, 6.07) is 15.6. The van der Waals surface area contributed by atoms with Gasteiger partial charge in [-0.25, -0.2) is 4.99 Å². The first-order valence-corrected chi connectivity index (χ1v) is 9.41. The van der Waals surface area contributed by atoms with E-state index in [4.69, 9.17) is 15.2 Å². The quantitative estimate of drug-likeness (QED) is 0.288. The van der Waals surface area contributed by atoms with Crippen LogP contribution in [0.15, 0.2) is 53.5 Å².